The fourth-order valence-electron chi connectivity index (χ4n) is 1.77. The number of rotatable bonds is 4. The van der Waals surface area contributed by atoms with E-state index in [0.29, 0.717) is 12.1 Å². The molecule has 2 rings (SSSR count). The van der Waals surface area contributed by atoms with Gasteiger partial charge in [0.25, 0.3) is 0 Å². The molecule has 96 valence electrons. The van der Waals surface area contributed by atoms with Gasteiger partial charge in [-0.1, -0.05) is 13.0 Å². The van der Waals surface area contributed by atoms with E-state index in [0.717, 1.165) is 16.8 Å². The molecule has 1 aromatic heterocycles. The Morgan fingerprint density at radius 2 is 2.17 bits per heavy atom. The number of halogens is 2. The maximum absolute atomic E-state index is 13.8. The van der Waals surface area contributed by atoms with Crippen molar-refractivity contribution < 1.29 is 8.78 Å². The van der Waals surface area contributed by atoms with Crippen molar-refractivity contribution in [2.24, 2.45) is 0 Å². The summed E-state index contributed by atoms with van der Waals surface area (Å²) in [7, 11) is 0. The number of hydrogen-bond acceptors (Lipinski definition) is 3. The Balaban J connectivity index is 2.41. The second kappa shape index (κ2) is 5.54. The molecule has 0 aliphatic rings. The summed E-state index contributed by atoms with van der Waals surface area (Å²) >= 11 is 1.47. The van der Waals surface area contributed by atoms with Gasteiger partial charge in [0, 0.05) is 22.7 Å². The second-order valence-electron chi connectivity index (χ2n) is 3.98. The Morgan fingerprint density at radius 1 is 1.39 bits per heavy atom. The quantitative estimate of drug-likeness (QED) is 0.919. The van der Waals surface area contributed by atoms with Crippen LogP contribution < -0.4 is 5.32 Å². The molecule has 0 saturated carbocycles. The summed E-state index contributed by atoms with van der Waals surface area (Å²) in [4.78, 5) is 4.37. The predicted octanol–water partition coefficient (Wildman–Crippen LogP) is 3.43. The highest BCUT2D eigenvalue weighted by molar-refractivity contribution is 7.09. The van der Waals surface area contributed by atoms with Gasteiger partial charge in [0.1, 0.15) is 16.6 Å². The van der Waals surface area contributed by atoms with E-state index >= 15 is 0 Å². The number of nitrogens with one attached hydrogen (secondary N) is 1. The molecular formula is C13H14F2N2S. The molecule has 0 amide bonds. The van der Waals surface area contributed by atoms with Crippen molar-refractivity contribution in [2.45, 2.75) is 19.9 Å². The van der Waals surface area contributed by atoms with E-state index in [1.165, 1.54) is 23.5 Å². The fourth-order valence-corrected chi connectivity index (χ4v) is 2.66. The summed E-state index contributed by atoms with van der Waals surface area (Å²) in [5.41, 5.74) is 1.33. The molecule has 1 N–H and O–H groups in total. The van der Waals surface area contributed by atoms with Crippen LogP contribution in [0.2, 0.25) is 0 Å². The van der Waals surface area contributed by atoms with E-state index in [4.69, 9.17) is 0 Å². The third-order valence-electron chi connectivity index (χ3n) is 2.57. The number of nitrogens with zero attached hydrogens (tertiary/aromatic N) is 1. The number of hydrogen-bond donors (Lipinski definition) is 1. The van der Waals surface area contributed by atoms with Crippen LogP contribution in [0.25, 0.3) is 0 Å². The first kappa shape index (κ1) is 13.1. The summed E-state index contributed by atoms with van der Waals surface area (Å²) in [5, 5.41) is 5.88. The minimum atomic E-state index is -0.568. The SMILES string of the molecule is CCNC(c1nc(C)cs1)c1ccc(F)cc1F. The smallest absolute Gasteiger partial charge is 0.131 e. The van der Waals surface area contributed by atoms with E-state index in [2.05, 4.69) is 10.3 Å². The van der Waals surface area contributed by atoms with Crippen LogP contribution in [-0.2, 0) is 0 Å². The molecule has 1 heterocycles. The maximum atomic E-state index is 13.8. The first-order chi connectivity index (χ1) is 8.61. The average molecular weight is 268 g/mol. The molecule has 1 atom stereocenters. The van der Waals surface area contributed by atoms with Crippen LogP contribution in [0.1, 0.15) is 29.2 Å². The van der Waals surface area contributed by atoms with Crippen LogP contribution in [0.3, 0.4) is 0 Å². The normalized spacial score (nSPS) is 12.7. The molecule has 2 nitrogen and oxygen atoms in total. The first-order valence-corrected chi connectivity index (χ1v) is 6.60. The molecule has 0 saturated heterocycles. The van der Waals surface area contributed by atoms with Crippen LogP contribution in [0.4, 0.5) is 8.78 Å². The van der Waals surface area contributed by atoms with E-state index in [1.807, 2.05) is 19.2 Å². The van der Waals surface area contributed by atoms with Crippen LogP contribution in [-0.4, -0.2) is 11.5 Å². The summed E-state index contributed by atoms with van der Waals surface area (Å²) in [6.45, 7) is 4.51. The highest BCUT2D eigenvalue weighted by atomic mass is 32.1. The van der Waals surface area contributed by atoms with E-state index in [9.17, 15) is 8.78 Å². The Bertz CT molecular complexity index is 540. The van der Waals surface area contributed by atoms with E-state index in [-0.39, 0.29) is 6.04 Å². The Labute approximate surface area is 109 Å². The molecule has 0 spiro atoms. The highest BCUT2D eigenvalue weighted by Crippen LogP contribution is 2.27. The van der Waals surface area contributed by atoms with Crippen molar-refractivity contribution in [1.29, 1.82) is 0 Å². The third kappa shape index (κ3) is 2.73. The predicted molar refractivity (Wildman–Crippen MR) is 68.7 cm³/mol. The van der Waals surface area contributed by atoms with Gasteiger partial charge in [0.15, 0.2) is 0 Å². The lowest BCUT2D eigenvalue weighted by atomic mass is 10.1. The molecule has 0 aliphatic heterocycles. The zero-order valence-electron chi connectivity index (χ0n) is 10.2. The molecule has 18 heavy (non-hydrogen) atoms. The fraction of sp³-hybridized carbons (Fsp3) is 0.308. The molecule has 1 aromatic carbocycles. The number of benzene rings is 1. The number of aromatic nitrogens is 1. The maximum Gasteiger partial charge on any atom is 0.131 e. The lowest BCUT2D eigenvalue weighted by molar-refractivity contribution is 0.540. The summed E-state index contributed by atoms with van der Waals surface area (Å²) < 4.78 is 26.7. The topological polar surface area (TPSA) is 24.9 Å². The van der Waals surface area contributed by atoms with Gasteiger partial charge in [-0.2, -0.15) is 0 Å². The Kier molecular flexibility index (Phi) is 4.04. The van der Waals surface area contributed by atoms with Gasteiger partial charge in [-0.25, -0.2) is 13.8 Å². The number of thiazole rings is 1. The molecule has 1 unspecified atom stereocenters. The molecule has 5 heteroatoms. The van der Waals surface area contributed by atoms with Crippen molar-refractivity contribution in [2.75, 3.05) is 6.54 Å². The minimum Gasteiger partial charge on any atom is -0.304 e. The zero-order chi connectivity index (χ0) is 13.1. The Morgan fingerprint density at radius 3 is 2.72 bits per heavy atom. The summed E-state index contributed by atoms with van der Waals surface area (Å²) in [5.74, 6) is -1.12. The average Bonchev–Trinajstić information content (AvgIpc) is 2.73. The molecule has 0 radical (unpaired) electrons. The van der Waals surface area contributed by atoms with Gasteiger partial charge in [-0.3, -0.25) is 0 Å². The number of aryl methyl sites for hydroxylation is 1. The van der Waals surface area contributed by atoms with Gasteiger partial charge in [-0.15, -0.1) is 11.3 Å². The molecule has 0 bridgehead atoms. The highest BCUT2D eigenvalue weighted by Gasteiger charge is 2.20. The lowest BCUT2D eigenvalue weighted by Crippen LogP contribution is -2.23. The van der Waals surface area contributed by atoms with Gasteiger partial charge < -0.3 is 5.32 Å². The molecule has 2 aromatic rings. The van der Waals surface area contributed by atoms with E-state index < -0.39 is 11.6 Å². The third-order valence-corrected chi connectivity index (χ3v) is 3.59. The van der Waals surface area contributed by atoms with E-state index in [1.54, 1.807) is 0 Å². The van der Waals surface area contributed by atoms with Crippen molar-refractivity contribution in [1.82, 2.24) is 10.3 Å². The van der Waals surface area contributed by atoms with Gasteiger partial charge in [0.05, 0.1) is 6.04 Å². The van der Waals surface area contributed by atoms with Crippen molar-refractivity contribution in [3.05, 3.63) is 51.5 Å². The van der Waals surface area contributed by atoms with Gasteiger partial charge in [0.2, 0.25) is 0 Å². The van der Waals surface area contributed by atoms with Gasteiger partial charge in [-0.05, 0) is 19.5 Å². The van der Waals surface area contributed by atoms with Crippen molar-refractivity contribution in [3.8, 4) is 0 Å². The molecule has 0 fully saturated rings. The molecule has 0 aliphatic carbocycles. The van der Waals surface area contributed by atoms with Crippen LogP contribution in [0, 0.1) is 18.6 Å². The summed E-state index contributed by atoms with van der Waals surface area (Å²) in [6.07, 6.45) is 0. The van der Waals surface area contributed by atoms with Crippen molar-refractivity contribution in [3.63, 3.8) is 0 Å². The lowest BCUT2D eigenvalue weighted by Gasteiger charge is -2.16. The Hall–Kier alpha value is -1.33. The second-order valence-corrected chi connectivity index (χ2v) is 4.87. The van der Waals surface area contributed by atoms with Crippen LogP contribution >= 0.6 is 11.3 Å². The summed E-state index contributed by atoms with van der Waals surface area (Å²) in [6, 6.07) is 3.31. The zero-order valence-corrected chi connectivity index (χ0v) is 11.0. The standard InChI is InChI=1S/C13H14F2N2S/c1-3-16-12(13-17-8(2)7-18-13)10-5-4-9(14)6-11(10)15/h4-7,12,16H,3H2,1-2H3. The largest absolute Gasteiger partial charge is 0.304 e. The monoisotopic (exact) mass is 268 g/mol. The van der Waals surface area contributed by atoms with Gasteiger partial charge >= 0.3 is 0 Å². The molecular weight excluding hydrogens is 254 g/mol. The van der Waals surface area contributed by atoms with Crippen LogP contribution in [0.15, 0.2) is 23.6 Å². The van der Waals surface area contributed by atoms with Crippen LogP contribution in [0.5, 0.6) is 0 Å². The van der Waals surface area contributed by atoms with Crippen molar-refractivity contribution >= 4 is 11.3 Å². The minimum absolute atomic E-state index is 0.325. The first-order valence-electron chi connectivity index (χ1n) is 5.72.